The third kappa shape index (κ3) is 6.78. The summed E-state index contributed by atoms with van der Waals surface area (Å²) in [7, 11) is 0. The van der Waals surface area contributed by atoms with Crippen molar-refractivity contribution in [1.82, 2.24) is 15.5 Å². The Labute approximate surface area is 163 Å². The molecule has 0 radical (unpaired) electrons. The van der Waals surface area contributed by atoms with E-state index < -0.39 is 0 Å². The summed E-state index contributed by atoms with van der Waals surface area (Å²) in [5.74, 6) is 1.36. The zero-order valence-corrected chi connectivity index (χ0v) is 16.6. The van der Waals surface area contributed by atoms with Crippen LogP contribution in [0.2, 0.25) is 0 Å². The fourth-order valence-corrected chi connectivity index (χ4v) is 3.98. The Morgan fingerprint density at radius 2 is 1.96 bits per heavy atom. The van der Waals surface area contributed by atoms with Crippen LogP contribution >= 0.6 is 12.4 Å². The van der Waals surface area contributed by atoms with Gasteiger partial charge in [0.25, 0.3) is 0 Å². The van der Waals surface area contributed by atoms with Crippen molar-refractivity contribution in [3.05, 3.63) is 29.8 Å². The van der Waals surface area contributed by atoms with E-state index in [0.29, 0.717) is 5.92 Å². The molecule has 2 heterocycles. The smallest absolute Gasteiger partial charge is 0.319 e. The Balaban J connectivity index is 0.00000243. The molecule has 0 spiro atoms. The predicted octanol–water partition coefficient (Wildman–Crippen LogP) is 3.25. The normalized spacial score (nSPS) is 23.7. The van der Waals surface area contributed by atoms with Gasteiger partial charge in [0, 0.05) is 25.3 Å². The number of piperidine rings is 2. The Hall–Kier alpha value is -1.30. The maximum Gasteiger partial charge on any atom is 0.319 e. The van der Waals surface area contributed by atoms with Gasteiger partial charge in [-0.1, -0.05) is 17.7 Å². The number of anilines is 1. The highest BCUT2D eigenvalue weighted by Gasteiger charge is 2.23. The lowest BCUT2D eigenvalue weighted by atomic mass is 9.94. The first kappa shape index (κ1) is 21.0. The SMILES string of the molecule is Cc1ccc(NC(=O)NCC2CCCN(CC3CCCNC3)C2)cc1.Cl. The summed E-state index contributed by atoms with van der Waals surface area (Å²) in [6.07, 6.45) is 5.12. The first-order valence-electron chi connectivity index (χ1n) is 9.73. The summed E-state index contributed by atoms with van der Waals surface area (Å²) < 4.78 is 0. The van der Waals surface area contributed by atoms with Gasteiger partial charge in [-0.2, -0.15) is 0 Å². The topological polar surface area (TPSA) is 56.4 Å². The van der Waals surface area contributed by atoms with Crippen LogP contribution in [0.3, 0.4) is 0 Å². The van der Waals surface area contributed by atoms with Gasteiger partial charge in [-0.15, -0.1) is 12.4 Å². The quantitative estimate of drug-likeness (QED) is 0.734. The van der Waals surface area contributed by atoms with Crippen molar-refractivity contribution in [2.75, 3.05) is 44.6 Å². The number of likely N-dealkylation sites (tertiary alicyclic amines) is 1. The van der Waals surface area contributed by atoms with E-state index in [0.717, 1.165) is 24.7 Å². The summed E-state index contributed by atoms with van der Waals surface area (Å²) in [6, 6.07) is 7.80. The molecule has 2 atom stereocenters. The molecule has 2 aliphatic heterocycles. The molecule has 2 aliphatic rings. The van der Waals surface area contributed by atoms with E-state index in [1.807, 2.05) is 31.2 Å². The van der Waals surface area contributed by atoms with E-state index in [9.17, 15) is 4.79 Å². The highest BCUT2D eigenvalue weighted by molar-refractivity contribution is 5.89. The largest absolute Gasteiger partial charge is 0.338 e. The van der Waals surface area contributed by atoms with Crippen molar-refractivity contribution < 1.29 is 4.79 Å². The van der Waals surface area contributed by atoms with Crippen LogP contribution in [0.15, 0.2) is 24.3 Å². The first-order valence-corrected chi connectivity index (χ1v) is 9.73. The number of benzene rings is 1. The molecule has 0 aliphatic carbocycles. The third-order valence-electron chi connectivity index (χ3n) is 5.38. The predicted molar refractivity (Wildman–Crippen MR) is 110 cm³/mol. The van der Waals surface area contributed by atoms with Crippen molar-refractivity contribution in [2.45, 2.75) is 32.6 Å². The summed E-state index contributed by atoms with van der Waals surface area (Å²) in [6.45, 7) is 8.68. The molecule has 0 aromatic heterocycles. The fourth-order valence-electron chi connectivity index (χ4n) is 3.98. The molecule has 5 nitrogen and oxygen atoms in total. The van der Waals surface area contributed by atoms with Gasteiger partial charge in [0.05, 0.1) is 0 Å². The number of carbonyl (C=O) groups excluding carboxylic acids is 1. The molecule has 3 rings (SSSR count). The number of carbonyl (C=O) groups is 1. The highest BCUT2D eigenvalue weighted by Crippen LogP contribution is 2.19. The second-order valence-electron chi connectivity index (χ2n) is 7.68. The van der Waals surface area contributed by atoms with E-state index in [1.54, 1.807) is 0 Å². The fraction of sp³-hybridized carbons (Fsp3) is 0.650. The molecular formula is C20H33ClN4O. The summed E-state index contributed by atoms with van der Waals surface area (Å²) >= 11 is 0. The first-order chi connectivity index (χ1) is 12.2. The molecule has 2 fully saturated rings. The van der Waals surface area contributed by atoms with Crippen LogP contribution < -0.4 is 16.0 Å². The van der Waals surface area contributed by atoms with Crippen LogP contribution in [0.5, 0.6) is 0 Å². The summed E-state index contributed by atoms with van der Waals surface area (Å²) in [4.78, 5) is 14.7. The zero-order chi connectivity index (χ0) is 17.5. The minimum absolute atomic E-state index is 0. The summed E-state index contributed by atoms with van der Waals surface area (Å²) in [5, 5.41) is 9.47. The lowest BCUT2D eigenvalue weighted by molar-refractivity contribution is 0.141. The third-order valence-corrected chi connectivity index (χ3v) is 5.38. The van der Waals surface area contributed by atoms with Crippen LogP contribution in [0.4, 0.5) is 10.5 Å². The van der Waals surface area contributed by atoms with Crippen LogP contribution in [-0.4, -0.2) is 50.2 Å². The van der Waals surface area contributed by atoms with Gasteiger partial charge in [-0.05, 0) is 76.2 Å². The molecule has 0 saturated carbocycles. The second-order valence-corrected chi connectivity index (χ2v) is 7.68. The van der Waals surface area contributed by atoms with Gasteiger partial charge in [-0.3, -0.25) is 0 Å². The molecule has 2 saturated heterocycles. The lowest BCUT2D eigenvalue weighted by Gasteiger charge is -2.36. The number of nitrogens with one attached hydrogen (secondary N) is 3. The van der Waals surface area contributed by atoms with E-state index >= 15 is 0 Å². The molecule has 0 bridgehead atoms. The Morgan fingerprint density at radius 3 is 2.69 bits per heavy atom. The van der Waals surface area contributed by atoms with E-state index in [2.05, 4.69) is 20.9 Å². The minimum Gasteiger partial charge on any atom is -0.338 e. The maximum atomic E-state index is 12.1. The van der Waals surface area contributed by atoms with Gasteiger partial charge < -0.3 is 20.9 Å². The van der Waals surface area contributed by atoms with Crippen molar-refractivity contribution in [2.24, 2.45) is 11.8 Å². The average molecular weight is 381 g/mol. The van der Waals surface area contributed by atoms with Crippen LogP contribution in [0, 0.1) is 18.8 Å². The molecule has 2 amide bonds. The number of amides is 2. The van der Waals surface area contributed by atoms with E-state index in [4.69, 9.17) is 0 Å². The van der Waals surface area contributed by atoms with Crippen LogP contribution in [0.1, 0.15) is 31.2 Å². The van der Waals surface area contributed by atoms with Crippen LogP contribution in [0.25, 0.3) is 0 Å². The Morgan fingerprint density at radius 1 is 1.19 bits per heavy atom. The zero-order valence-electron chi connectivity index (χ0n) is 15.8. The summed E-state index contributed by atoms with van der Waals surface area (Å²) in [5.41, 5.74) is 2.04. The molecule has 146 valence electrons. The van der Waals surface area contributed by atoms with E-state index in [1.165, 1.54) is 57.4 Å². The van der Waals surface area contributed by atoms with Gasteiger partial charge in [0.15, 0.2) is 0 Å². The monoisotopic (exact) mass is 380 g/mol. The number of hydrogen-bond donors (Lipinski definition) is 3. The van der Waals surface area contributed by atoms with Gasteiger partial charge >= 0.3 is 6.03 Å². The van der Waals surface area contributed by atoms with Crippen molar-refractivity contribution in [3.8, 4) is 0 Å². The molecule has 1 aromatic rings. The lowest BCUT2D eigenvalue weighted by Crippen LogP contribution is -2.45. The Kier molecular flexibility index (Phi) is 8.69. The molecule has 26 heavy (non-hydrogen) atoms. The molecule has 1 aromatic carbocycles. The number of hydrogen-bond acceptors (Lipinski definition) is 3. The molecule has 6 heteroatoms. The number of urea groups is 1. The average Bonchev–Trinajstić information content (AvgIpc) is 2.63. The Bertz CT molecular complexity index is 545. The molecular weight excluding hydrogens is 348 g/mol. The number of aryl methyl sites for hydroxylation is 1. The van der Waals surface area contributed by atoms with Crippen LogP contribution in [-0.2, 0) is 0 Å². The van der Waals surface area contributed by atoms with Crippen molar-refractivity contribution in [3.63, 3.8) is 0 Å². The molecule has 2 unspecified atom stereocenters. The maximum absolute atomic E-state index is 12.1. The van der Waals surface area contributed by atoms with Gasteiger partial charge in [0.2, 0.25) is 0 Å². The highest BCUT2D eigenvalue weighted by atomic mass is 35.5. The van der Waals surface area contributed by atoms with Gasteiger partial charge in [-0.25, -0.2) is 4.79 Å². The standard InChI is InChI=1S/C20H32N4O.ClH/c1-16-6-8-19(9-7-16)23-20(25)22-13-18-5-3-11-24(15-18)14-17-4-2-10-21-12-17;/h6-9,17-18,21H,2-5,10-15H2,1H3,(H2,22,23,25);1H. The van der Waals surface area contributed by atoms with Crippen molar-refractivity contribution in [1.29, 1.82) is 0 Å². The van der Waals surface area contributed by atoms with E-state index in [-0.39, 0.29) is 18.4 Å². The van der Waals surface area contributed by atoms with Gasteiger partial charge in [0.1, 0.15) is 0 Å². The minimum atomic E-state index is -0.0996. The number of halogens is 1. The number of nitrogens with zero attached hydrogens (tertiary/aromatic N) is 1. The van der Waals surface area contributed by atoms with Crippen molar-refractivity contribution >= 4 is 24.1 Å². The number of rotatable bonds is 5. The second kappa shape index (κ2) is 10.8. The molecule has 3 N–H and O–H groups in total.